The smallest absolute Gasteiger partial charge is 0.335 e. The number of aromatic nitrogens is 1. The van der Waals surface area contributed by atoms with Crippen LogP contribution < -0.4 is 10.1 Å². The highest BCUT2D eigenvalue weighted by Crippen LogP contribution is 2.30. The minimum atomic E-state index is -1.13. The van der Waals surface area contributed by atoms with Gasteiger partial charge in [-0.1, -0.05) is 23.4 Å². The lowest BCUT2D eigenvalue weighted by atomic mass is 10.1. The summed E-state index contributed by atoms with van der Waals surface area (Å²) in [5.74, 6) is -0.814. The number of carbonyl (C=O) groups is 2. The number of benzene rings is 2. The largest absolute Gasteiger partial charge is 0.497 e. The predicted molar refractivity (Wildman–Crippen MR) is 123 cm³/mol. The first-order valence-corrected chi connectivity index (χ1v) is 10.6. The number of pyridine rings is 1. The summed E-state index contributed by atoms with van der Waals surface area (Å²) in [6.07, 6.45) is 0. The Kier molecular flexibility index (Phi) is 7.36. The number of nitrogens with one attached hydrogen (secondary N) is 1. The topological polar surface area (TPSA) is 112 Å². The van der Waals surface area contributed by atoms with Crippen molar-refractivity contribution < 1.29 is 19.4 Å². The van der Waals surface area contributed by atoms with Gasteiger partial charge in [0.05, 0.1) is 39.9 Å². The Balaban J connectivity index is 1.81. The summed E-state index contributed by atoms with van der Waals surface area (Å²) in [7, 11) is 1.58. The number of anilines is 1. The summed E-state index contributed by atoms with van der Waals surface area (Å²) < 4.78 is 5.17. The zero-order valence-corrected chi connectivity index (χ0v) is 18.7. The molecule has 0 radical (unpaired) electrons. The lowest BCUT2D eigenvalue weighted by Gasteiger charge is -2.14. The Bertz CT molecular complexity index is 1210. The molecule has 32 heavy (non-hydrogen) atoms. The van der Waals surface area contributed by atoms with Gasteiger partial charge in [0.2, 0.25) is 5.91 Å². The van der Waals surface area contributed by atoms with E-state index in [9.17, 15) is 14.9 Å². The molecule has 2 aromatic carbocycles. The molecule has 1 aromatic heterocycles. The molecule has 2 N–H and O–H groups in total. The van der Waals surface area contributed by atoms with Crippen LogP contribution in [-0.4, -0.2) is 34.3 Å². The van der Waals surface area contributed by atoms with Gasteiger partial charge in [0.25, 0.3) is 0 Å². The molecular formula is C23H18ClN3O4S. The third-order valence-corrected chi connectivity index (χ3v) is 5.93. The molecule has 0 saturated heterocycles. The van der Waals surface area contributed by atoms with Gasteiger partial charge in [-0.3, -0.25) is 4.79 Å². The number of hydrogen-bond donors (Lipinski definition) is 2. The van der Waals surface area contributed by atoms with E-state index in [2.05, 4.69) is 16.4 Å². The van der Waals surface area contributed by atoms with Gasteiger partial charge < -0.3 is 15.2 Å². The molecule has 9 heteroatoms. The van der Waals surface area contributed by atoms with E-state index >= 15 is 0 Å². The van der Waals surface area contributed by atoms with Crippen LogP contribution in [0.25, 0.3) is 11.3 Å². The standard InChI is InChI=1S/C23H18ClN3O4S/c1-13(21(28)26-20-11-15(23(29)30)5-9-18(20)24)32-22-16(12-25)6-10-19(27-22)14-3-7-17(31-2)8-4-14/h3-11,13H,1-2H3,(H,26,28)(H,29,30). The fourth-order valence-corrected chi connectivity index (χ4v) is 3.80. The number of carboxylic acids is 1. The van der Waals surface area contributed by atoms with Gasteiger partial charge in [0.15, 0.2) is 0 Å². The summed E-state index contributed by atoms with van der Waals surface area (Å²) in [6, 6.07) is 16.9. The normalized spacial score (nSPS) is 11.3. The first-order chi connectivity index (χ1) is 15.3. The van der Waals surface area contributed by atoms with E-state index in [1.165, 1.54) is 18.2 Å². The number of hydrogen-bond acceptors (Lipinski definition) is 6. The summed E-state index contributed by atoms with van der Waals surface area (Å²) in [5.41, 5.74) is 2.04. The van der Waals surface area contributed by atoms with E-state index in [1.807, 2.05) is 24.3 Å². The Hall–Kier alpha value is -3.54. The Morgan fingerprint density at radius 3 is 2.53 bits per heavy atom. The number of methoxy groups -OCH3 is 1. The molecule has 1 amide bonds. The van der Waals surface area contributed by atoms with Crippen LogP contribution in [-0.2, 0) is 4.79 Å². The lowest BCUT2D eigenvalue weighted by Crippen LogP contribution is -2.23. The molecule has 1 atom stereocenters. The molecule has 0 bridgehead atoms. The maximum atomic E-state index is 12.7. The van der Waals surface area contributed by atoms with E-state index < -0.39 is 17.1 Å². The average Bonchev–Trinajstić information content (AvgIpc) is 2.80. The third kappa shape index (κ3) is 5.38. The molecule has 0 spiro atoms. The van der Waals surface area contributed by atoms with Gasteiger partial charge in [-0.15, -0.1) is 0 Å². The van der Waals surface area contributed by atoms with Crippen LogP contribution in [0, 0.1) is 11.3 Å². The molecule has 7 nitrogen and oxygen atoms in total. The first kappa shape index (κ1) is 23.1. The van der Waals surface area contributed by atoms with Crippen LogP contribution >= 0.6 is 23.4 Å². The van der Waals surface area contributed by atoms with Gasteiger partial charge in [-0.25, -0.2) is 9.78 Å². The van der Waals surface area contributed by atoms with E-state index in [4.69, 9.17) is 21.4 Å². The van der Waals surface area contributed by atoms with Gasteiger partial charge >= 0.3 is 5.97 Å². The monoisotopic (exact) mass is 467 g/mol. The molecule has 1 unspecified atom stereocenters. The van der Waals surface area contributed by atoms with Crippen molar-refractivity contribution >= 4 is 40.9 Å². The van der Waals surface area contributed by atoms with Crippen molar-refractivity contribution in [1.29, 1.82) is 5.26 Å². The fourth-order valence-electron chi connectivity index (χ4n) is 2.75. The Morgan fingerprint density at radius 1 is 1.19 bits per heavy atom. The van der Waals surface area contributed by atoms with Crippen LogP contribution in [0.5, 0.6) is 5.75 Å². The molecule has 0 aliphatic carbocycles. The number of aromatic carboxylic acids is 1. The summed E-state index contributed by atoms with van der Waals surface area (Å²) in [6.45, 7) is 1.66. The second-order valence-corrected chi connectivity index (χ2v) is 8.38. The van der Waals surface area contributed by atoms with Crippen LogP contribution in [0.3, 0.4) is 0 Å². The number of carboxylic acid groups (broad SMARTS) is 1. The van der Waals surface area contributed by atoms with E-state index in [-0.39, 0.29) is 16.3 Å². The van der Waals surface area contributed by atoms with Crippen molar-refractivity contribution in [3.63, 3.8) is 0 Å². The SMILES string of the molecule is COc1ccc(-c2ccc(C#N)c(SC(C)C(=O)Nc3cc(C(=O)O)ccc3Cl)n2)cc1. The lowest BCUT2D eigenvalue weighted by molar-refractivity contribution is -0.115. The molecule has 3 aromatic rings. The molecule has 162 valence electrons. The zero-order chi connectivity index (χ0) is 23.3. The molecule has 3 rings (SSSR count). The van der Waals surface area contributed by atoms with Crippen molar-refractivity contribution in [1.82, 2.24) is 4.98 Å². The number of thioether (sulfide) groups is 1. The summed E-state index contributed by atoms with van der Waals surface area (Å²) in [4.78, 5) is 28.5. The first-order valence-electron chi connectivity index (χ1n) is 9.38. The second-order valence-electron chi connectivity index (χ2n) is 6.64. The molecule has 0 fully saturated rings. The molecule has 0 saturated carbocycles. The quantitative estimate of drug-likeness (QED) is 0.465. The van der Waals surface area contributed by atoms with Crippen molar-refractivity contribution in [3.05, 3.63) is 70.7 Å². The maximum absolute atomic E-state index is 12.7. The fraction of sp³-hybridized carbons (Fsp3) is 0.130. The zero-order valence-electron chi connectivity index (χ0n) is 17.1. The van der Waals surface area contributed by atoms with Crippen LogP contribution in [0.2, 0.25) is 5.02 Å². The number of ether oxygens (including phenoxy) is 1. The van der Waals surface area contributed by atoms with Crippen LogP contribution in [0.15, 0.2) is 59.6 Å². The highest BCUT2D eigenvalue weighted by Gasteiger charge is 2.20. The van der Waals surface area contributed by atoms with E-state index in [0.29, 0.717) is 22.0 Å². The Labute approximate surface area is 194 Å². The Morgan fingerprint density at radius 2 is 1.91 bits per heavy atom. The van der Waals surface area contributed by atoms with Crippen molar-refractivity contribution in [2.24, 2.45) is 0 Å². The van der Waals surface area contributed by atoms with E-state index in [0.717, 1.165) is 17.3 Å². The maximum Gasteiger partial charge on any atom is 0.335 e. The van der Waals surface area contributed by atoms with Gasteiger partial charge in [-0.05, 0) is 61.5 Å². The minimum absolute atomic E-state index is 0.00522. The van der Waals surface area contributed by atoms with Crippen LogP contribution in [0.4, 0.5) is 5.69 Å². The van der Waals surface area contributed by atoms with E-state index in [1.54, 1.807) is 26.2 Å². The highest BCUT2D eigenvalue weighted by molar-refractivity contribution is 8.00. The number of nitriles is 1. The van der Waals surface area contributed by atoms with Crippen molar-refractivity contribution in [3.8, 4) is 23.1 Å². The molecule has 0 aliphatic heterocycles. The molecule has 0 aliphatic rings. The number of amides is 1. The summed E-state index contributed by atoms with van der Waals surface area (Å²) >= 11 is 7.21. The minimum Gasteiger partial charge on any atom is -0.497 e. The average molecular weight is 468 g/mol. The molecule has 1 heterocycles. The summed E-state index contributed by atoms with van der Waals surface area (Å²) in [5, 5.41) is 21.2. The van der Waals surface area contributed by atoms with Gasteiger partial charge in [0, 0.05) is 5.56 Å². The van der Waals surface area contributed by atoms with Crippen molar-refractivity contribution in [2.75, 3.05) is 12.4 Å². The van der Waals surface area contributed by atoms with Gasteiger partial charge in [0.1, 0.15) is 16.8 Å². The number of carbonyl (C=O) groups excluding carboxylic acids is 1. The van der Waals surface area contributed by atoms with Crippen LogP contribution in [0.1, 0.15) is 22.8 Å². The second kappa shape index (κ2) is 10.2. The number of nitrogens with zero attached hydrogens (tertiary/aromatic N) is 2. The van der Waals surface area contributed by atoms with Crippen molar-refractivity contribution in [2.45, 2.75) is 17.2 Å². The highest BCUT2D eigenvalue weighted by atomic mass is 35.5. The molecular weight excluding hydrogens is 450 g/mol. The predicted octanol–water partition coefficient (Wildman–Crippen LogP) is 5.10. The third-order valence-electron chi connectivity index (χ3n) is 4.50. The van der Waals surface area contributed by atoms with Gasteiger partial charge in [-0.2, -0.15) is 5.26 Å². The number of halogens is 1. The number of rotatable bonds is 7.